The molecule has 0 aromatic heterocycles. The van der Waals surface area contributed by atoms with E-state index in [4.69, 9.17) is 5.73 Å². The number of carbonyl (C=O) groups excluding carboxylic acids is 1. The van der Waals surface area contributed by atoms with Crippen molar-refractivity contribution in [3.63, 3.8) is 0 Å². The van der Waals surface area contributed by atoms with Crippen LogP contribution < -0.4 is 11.1 Å². The molecule has 0 aliphatic heterocycles. The molecule has 0 spiro atoms. The van der Waals surface area contributed by atoms with Gasteiger partial charge in [0.1, 0.15) is 0 Å². The molecule has 1 aliphatic carbocycles. The molecule has 1 fully saturated rings. The van der Waals surface area contributed by atoms with Crippen molar-refractivity contribution in [2.75, 3.05) is 0 Å². The van der Waals surface area contributed by atoms with Gasteiger partial charge < -0.3 is 11.1 Å². The Morgan fingerprint density at radius 3 is 2.46 bits per heavy atom. The lowest BCUT2D eigenvalue weighted by molar-refractivity contribution is -0.120. The molecule has 0 bridgehead atoms. The molecule has 1 amide bonds. The van der Waals surface area contributed by atoms with E-state index in [0.29, 0.717) is 0 Å². The molecule has 0 aromatic carbocycles. The summed E-state index contributed by atoms with van der Waals surface area (Å²) in [5.74, 6) is -0.226. The summed E-state index contributed by atoms with van der Waals surface area (Å²) in [6.45, 7) is 4.17. The van der Waals surface area contributed by atoms with Gasteiger partial charge in [0.25, 0.3) is 0 Å². The van der Waals surface area contributed by atoms with E-state index in [2.05, 4.69) is 12.2 Å². The van der Waals surface area contributed by atoms with Gasteiger partial charge in [-0.2, -0.15) is 0 Å². The number of primary amides is 1. The van der Waals surface area contributed by atoms with Crippen LogP contribution in [-0.2, 0) is 4.79 Å². The minimum Gasteiger partial charge on any atom is -0.368 e. The molecular weight excluding hydrogens is 164 g/mol. The van der Waals surface area contributed by atoms with Crippen LogP contribution in [0.15, 0.2) is 0 Å². The van der Waals surface area contributed by atoms with Crippen molar-refractivity contribution in [3.05, 3.63) is 0 Å². The lowest BCUT2D eigenvalue weighted by Gasteiger charge is -2.29. The van der Waals surface area contributed by atoms with Crippen LogP contribution in [0.1, 0.15) is 46.0 Å². The number of hydrogen-bond donors (Lipinski definition) is 2. The summed E-state index contributed by atoms with van der Waals surface area (Å²) < 4.78 is 0. The number of amides is 1. The fourth-order valence-corrected chi connectivity index (χ4v) is 2.09. The highest BCUT2D eigenvalue weighted by molar-refractivity contribution is 5.79. The number of nitrogens with one attached hydrogen (secondary N) is 1. The zero-order chi connectivity index (χ0) is 9.90. The monoisotopic (exact) mass is 184 g/mol. The Bertz CT molecular complexity index is 185. The third-order valence-corrected chi connectivity index (χ3v) is 2.98. The SMILES string of the molecule is CCC(NC1(C)CCCC1)C(N)=O. The smallest absolute Gasteiger partial charge is 0.234 e. The second-order valence-corrected chi connectivity index (χ2v) is 4.28. The molecule has 1 aliphatic rings. The zero-order valence-electron chi connectivity index (χ0n) is 8.60. The van der Waals surface area contributed by atoms with Crippen LogP contribution in [0.25, 0.3) is 0 Å². The maximum Gasteiger partial charge on any atom is 0.234 e. The van der Waals surface area contributed by atoms with Crippen molar-refractivity contribution in [2.45, 2.75) is 57.5 Å². The van der Waals surface area contributed by atoms with Gasteiger partial charge in [0.15, 0.2) is 0 Å². The molecule has 13 heavy (non-hydrogen) atoms. The molecular formula is C10H20N2O. The molecule has 0 heterocycles. The molecule has 3 N–H and O–H groups in total. The second-order valence-electron chi connectivity index (χ2n) is 4.28. The van der Waals surface area contributed by atoms with Gasteiger partial charge >= 0.3 is 0 Å². The molecule has 1 unspecified atom stereocenters. The van der Waals surface area contributed by atoms with E-state index < -0.39 is 0 Å². The van der Waals surface area contributed by atoms with E-state index in [1.807, 2.05) is 6.92 Å². The molecule has 1 saturated carbocycles. The van der Waals surface area contributed by atoms with E-state index in [1.54, 1.807) is 0 Å². The largest absolute Gasteiger partial charge is 0.368 e. The summed E-state index contributed by atoms with van der Waals surface area (Å²) in [4.78, 5) is 11.0. The molecule has 3 heteroatoms. The minimum absolute atomic E-state index is 0.149. The normalized spacial score (nSPS) is 22.9. The van der Waals surface area contributed by atoms with Crippen LogP contribution in [-0.4, -0.2) is 17.5 Å². The lowest BCUT2D eigenvalue weighted by Crippen LogP contribution is -2.51. The summed E-state index contributed by atoms with van der Waals surface area (Å²) >= 11 is 0. The summed E-state index contributed by atoms with van der Waals surface area (Å²) in [6, 6.07) is -0.150. The van der Waals surface area contributed by atoms with Crippen LogP contribution in [0, 0.1) is 0 Å². The molecule has 1 atom stereocenters. The van der Waals surface area contributed by atoms with Gasteiger partial charge in [0, 0.05) is 5.54 Å². The third kappa shape index (κ3) is 2.69. The molecule has 3 nitrogen and oxygen atoms in total. The van der Waals surface area contributed by atoms with Crippen molar-refractivity contribution in [2.24, 2.45) is 5.73 Å². The number of rotatable bonds is 4. The first-order chi connectivity index (χ1) is 6.07. The Kier molecular flexibility index (Phi) is 3.31. The quantitative estimate of drug-likeness (QED) is 0.689. The van der Waals surface area contributed by atoms with E-state index in [1.165, 1.54) is 12.8 Å². The lowest BCUT2D eigenvalue weighted by atomic mass is 9.98. The van der Waals surface area contributed by atoms with Crippen LogP contribution in [0.4, 0.5) is 0 Å². The molecule has 76 valence electrons. The first-order valence-electron chi connectivity index (χ1n) is 5.14. The summed E-state index contributed by atoms with van der Waals surface area (Å²) in [5, 5.41) is 3.37. The molecule has 0 saturated heterocycles. The Morgan fingerprint density at radius 2 is 2.08 bits per heavy atom. The average molecular weight is 184 g/mol. The van der Waals surface area contributed by atoms with Gasteiger partial charge in [0.2, 0.25) is 5.91 Å². The summed E-state index contributed by atoms with van der Waals surface area (Å²) in [5.41, 5.74) is 5.43. The minimum atomic E-state index is -0.226. The van der Waals surface area contributed by atoms with Crippen LogP contribution >= 0.6 is 0 Å². The van der Waals surface area contributed by atoms with Crippen molar-refractivity contribution in [3.8, 4) is 0 Å². The fourth-order valence-electron chi connectivity index (χ4n) is 2.09. The Labute approximate surface area is 80.1 Å². The van der Waals surface area contributed by atoms with E-state index in [-0.39, 0.29) is 17.5 Å². The van der Waals surface area contributed by atoms with Crippen LogP contribution in [0.5, 0.6) is 0 Å². The highest BCUT2D eigenvalue weighted by atomic mass is 16.1. The highest BCUT2D eigenvalue weighted by Gasteiger charge is 2.31. The Balaban J connectivity index is 2.49. The van der Waals surface area contributed by atoms with E-state index >= 15 is 0 Å². The van der Waals surface area contributed by atoms with Gasteiger partial charge in [-0.15, -0.1) is 0 Å². The van der Waals surface area contributed by atoms with Gasteiger partial charge in [0.05, 0.1) is 6.04 Å². The first-order valence-corrected chi connectivity index (χ1v) is 5.14. The third-order valence-electron chi connectivity index (χ3n) is 2.98. The summed E-state index contributed by atoms with van der Waals surface area (Å²) in [6.07, 6.45) is 5.63. The maximum absolute atomic E-state index is 11.0. The Hall–Kier alpha value is -0.570. The van der Waals surface area contributed by atoms with E-state index in [0.717, 1.165) is 19.3 Å². The number of hydrogen-bond acceptors (Lipinski definition) is 2. The predicted octanol–water partition coefficient (Wildman–Crippen LogP) is 1.17. The molecule has 0 aromatic rings. The first kappa shape index (κ1) is 10.5. The summed E-state index contributed by atoms with van der Waals surface area (Å²) in [7, 11) is 0. The molecule has 0 radical (unpaired) electrons. The number of nitrogens with two attached hydrogens (primary N) is 1. The van der Waals surface area contributed by atoms with E-state index in [9.17, 15) is 4.79 Å². The topological polar surface area (TPSA) is 55.1 Å². The Morgan fingerprint density at radius 1 is 1.54 bits per heavy atom. The van der Waals surface area contributed by atoms with Crippen molar-refractivity contribution in [1.82, 2.24) is 5.32 Å². The van der Waals surface area contributed by atoms with Crippen molar-refractivity contribution in [1.29, 1.82) is 0 Å². The average Bonchev–Trinajstić information content (AvgIpc) is 2.48. The predicted molar refractivity (Wildman–Crippen MR) is 53.3 cm³/mol. The zero-order valence-corrected chi connectivity index (χ0v) is 8.60. The van der Waals surface area contributed by atoms with Crippen LogP contribution in [0.3, 0.4) is 0 Å². The van der Waals surface area contributed by atoms with Gasteiger partial charge in [-0.1, -0.05) is 19.8 Å². The van der Waals surface area contributed by atoms with Crippen LogP contribution in [0.2, 0.25) is 0 Å². The van der Waals surface area contributed by atoms with Crippen molar-refractivity contribution < 1.29 is 4.79 Å². The van der Waals surface area contributed by atoms with Gasteiger partial charge in [-0.3, -0.25) is 4.79 Å². The standard InChI is InChI=1S/C10H20N2O/c1-3-8(9(11)13)12-10(2)6-4-5-7-10/h8,12H,3-7H2,1-2H3,(H2,11,13). The molecule has 1 rings (SSSR count). The highest BCUT2D eigenvalue weighted by Crippen LogP contribution is 2.29. The second kappa shape index (κ2) is 4.09. The fraction of sp³-hybridized carbons (Fsp3) is 0.900. The van der Waals surface area contributed by atoms with Gasteiger partial charge in [-0.25, -0.2) is 0 Å². The maximum atomic E-state index is 11.0. The van der Waals surface area contributed by atoms with Crippen molar-refractivity contribution >= 4 is 5.91 Å². The number of carbonyl (C=O) groups is 1. The van der Waals surface area contributed by atoms with Gasteiger partial charge in [-0.05, 0) is 26.2 Å².